The van der Waals surface area contributed by atoms with Gasteiger partial charge in [0.1, 0.15) is 0 Å². The highest BCUT2D eigenvalue weighted by Gasteiger charge is 2.35. The molecule has 0 amide bonds. The van der Waals surface area contributed by atoms with E-state index in [0.29, 0.717) is 24.0 Å². The molecular weight excluding hydrogens is 244 g/mol. The van der Waals surface area contributed by atoms with Crippen LogP contribution in [-0.2, 0) is 0 Å². The van der Waals surface area contributed by atoms with Crippen LogP contribution in [0.4, 0.5) is 0 Å². The van der Waals surface area contributed by atoms with Crippen molar-refractivity contribution in [2.75, 3.05) is 6.54 Å². The van der Waals surface area contributed by atoms with Crippen molar-refractivity contribution < 1.29 is 0 Å². The van der Waals surface area contributed by atoms with Crippen LogP contribution in [0, 0.1) is 0 Å². The number of nitrogens with two attached hydrogens (primary N) is 1. The molecule has 110 valence electrons. The SMILES string of the molecule is CC1CCCCN1C1CC(c2ccccc2)CCC1N. The third-order valence-corrected chi connectivity index (χ3v) is 5.42. The Morgan fingerprint density at radius 2 is 1.85 bits per heavy atom. The van der Waals surface area contributed by atoms with Crippen LogP contribution in [-0.4, -0.2) is 29.6 Å². The molecule has 20 heavy (non-hydrogen) atoms. The quantitative estimate of drug-likeness (QED) is 0.892. The second kappa shape index (κ2) is 6.28. The summed E-state index contributed by atoms with van der Waals surface area (Å²) >= 11 is 0. The zero-order chi connectivity index (χ0) is 13.9. The highest BCUT2D eigenvalue weighted by Crippen LogP contribution is 2.36. The van der Waals surface area contributed by atoms with Crippen molar-refractivity contribution in [3.63, 3.8) is 0 Å². The van der Waals surface area contributed by atoms with Gasteiger partial charge in [0.15, 0.2) is 0 Å². The van der Waals surface area contributed by atoms with E-state index in [9.17, 15) is 0 Å². The minimum atomic E-state index is 0.371. The first-order chi connectivity index (χ1) is 9.75. The van der Waals surface area contributed by atoms with Crippen molar-refractivity contribution in [2.45, 2.75) is 69.5 Å². The number of rotatable bonds is 2. The summed E-state index contributed by atoms with van der Waals surface area (Å²) in [6, 6.07) is 12.7. The lowest BCUT2D eigenvalue weighted by molar-refractivity contribution is 0.0641. The lowest BCUT2D eigenvalue weighted by atomic mass is 9.77. The standard InChI is InChI=1S/C18H28N2/c1-14-7-5-6-12-20(14)18-13-16(10-11-17(18)19)15-8-3-2-4-9-15/h2-4,8-9,14,16-18H,5-7,10-13,19H2,1H3. The van der Waals surface area contributed by atoms with E-state index in [1.807, 2.05) is 0 Å². The molecule has 1 aliphatic heterocycles. The second-order valence-corrected chi connectivity index (χ2v) is 6.73. The van der Waals surface area contributed by atoms with Gasteiger partial charge >= 0.3 is 0 Å². The Hall–Kier alpha value is -0.860. The molecule has 0 radical (unpaired) electrons. The summed E-state index contributed by atoms with van der Waals surface area (Å²) in [6.45, 7) is 3.64. The Labute approximate surface area is 123 Å². The van der Waals surface area contributed by atoms with Crippen LogP contribution in [0.1, 0.15) is 56.9 Å². The molecule has 4 atom stereocenters. The first kappa shape index (κ1) is 14.1. The summed E-state index contributed by atoms with van der Waals surface area (Å²) in [5.41, 5.74) is 7.98. The fourth-order valence-corrected chi connectivity index (χ4v) is 4.19. The largest absolute Gasteiger partial charge is 0.326 e. The lowest BCUT2D eigenvalue weighted by Crippen LogP contribution is -2.55. The molecular formula is C18H28N2. The Bertz CT molecular complexity index is 417. The van der Waals surface area contributed by atoms with Gasteiger partial charge in [0, 0.05) is 18.1 Å². The molecule has 1 saturated heterocycles. The summed E-state index contributed by atoms with van der Waals surface area (Å²) < 4.78 is 0. The molecule has 4 unspecified atom stereocenters. The van der Waals surface area contributed by atoms with E-state index in [1.54, 1.807) is 0 Å². The first-order valence-electron chi connectivity index (χ1n) is 8.32. The Balaban J connectivity index is 1.73. The van der Waals surface area contributed by atoms with Gasteiger partial charge in [0.05, 0.1) is 0 Å². The highest BCUT2D eigenvalue weighted by atomic mass is 15.2. The van der Waals surface area contributed by atoms with E-state index < -0.39 is 0 Å². The molecule has 1 heterocycles. The van der Waals surface area contributed by atoms with E-state index in [1.165, 1.54) is 50.6 Å². The molecule has 0 aromatic heterocycles. The van der Waals surface area contributed by atoms with E-state index in [0.717, 1.165) is 0 Å². The maximum atomic E-state index is 6.47. The summed E-state index contributed by atoms with van der Waals surface area (Å²) in [5.74, 6) is 0.704. The van der Waals surface area contributed by atoms with Crippen LogP contribution in [0.15, 0.2) is 30.3 Å². The maximum Gasteiger partial charge on any atom is 0.0255 e. The van der Waals surface area contributed by atoms with Crippen LogP contribution in [0.2, 0.25) is 0 Å². The molecule has 2 heteroatoms. The topological polar surface area (TPSA) is 29.3 Å². The van der Waals surface area contributed by atoms with Crippen LogP contribution in [0.25, 0.3) is 0 Å². The molecule has 3 rings (SSSR count). The van der Waals surface area contributed by atoms with Gasteiger partial charge in [0.25, 0.3) is 0 Å². The highest BCUT2D eigenvalue weighted by molar-refractivity contribution is 5.21. The van der Waals surface area contributed by atoms with Crippen LogP contribution in [0.5, 0.6) is 0 Å². The zero-order valence-electron chi connectivity index (χ0n) is 12.7. The molecule has 2 fully saturated rings. The molecule has 0 bridgehead atoms. The van der Waals surface area contributed by atoms with E-state index >= 15 is 0 Å². The predicted octanol–water partition coefficient (Wildman–Crippen LogP) is 3.52. The summed E-state index contributed by atoms with van der Waals surface area (Å²) in [7, 11) is 0. The van der Waals surface area contributed by atoms with Crippen LogP contribution >= 0.6 is 0 Å². The predicted molar refractivity (Wildman–Crippen MR) is 84.8 cm³/mol. The van der Waals surface area contributed by atoms with Crippen molar-refractivity contribution in [2.24, 2.45) is 5.73 Å². The number of likely N-dealkylation sites (tertiary alicyclic amines) is 1. The van der Waals surface area contributed by atoms with Crippen LogP contribution in [0.3, 0.4) is 0 Å². The smallest absolute Gasteiger partial charge is 0.0255 e. The Morgan fingerprint density at radius 1 is 1.05 bits per heavy atom. The normalized spacial score (nSPS) is 35.9. The first-order valence-corrected chi connectivity index (χ1v) is 8.32. The average molecular weight is 272 g/mol. The molecule has 2 N–H and O–H groups in total. The molecule has 2 aliphatic rings. The molecule has 1 aromatic rings. The van der Waals surface area contributed by atoms with Crippen molar-refractivity contribution in [1.29, 1.82) is 0 Å². The second-order valence-electron chi connectivity index (χ2n) is 6.73. The molecule has 2 nitrogen and oxygen atoms in total. The van der Waals surface area contributed by atoms with Gasteiger partial charge in [0.2, 0.25) is 0 Å². The van der Waals surface area contributed by atoms with Crippen molar-refractivity contribution in [3.8, 4) is 0 Å². The molecule has 1 aliphatic carbocycles. The third-order valence-electron chi connectivity index (χ3n) is 5.42. The van der Waals surface area contributed by atoms with Crippen molar-refractivity contribution in [1.82, 2.24) is 4.90 Å². The number of piperidine rings is 1. The summed E-state index contributed by atoms with van der Waals surface area (Å²) in [4.78, 5) is 2.71. The van der Waals surface area contributed by atoms with E-state index in [-0.39, 0.29) is 0 Å². The van der Waals surface area contributed by atoms with Crippen molar-refractivity contribution in [3.05, 3.63) is 35.9 Å². The van der Waals surface area contributed by atoms with Gasteiger partial charge in [-0.25, -0.2) is 0 Å². The lowest BCUT2D eigenvalue weighted by Gasteiger charge is -2.46. The molecule has 0 spiro atoms. The van der Waals surface area contributed by atoms with Gasteiger partial charge in [-0.05, 0) is 57.1 Å². The fraction of sp³-hybridized carbons (Fsp3) is 0.667. The Kier molecular flexibility index (Phi) is 4.42. The van der Waals surface area contributed by atoms with Gasteiger partial charge in [-0.3, -0.25) is 4.90 Å². The average Bonchev–Trinajstić information content (AvgIpc) is 2.49. The van der Waals surface area contributed by atoms with Crippen molar-refractivity contribution >= 4 is 0 Å². The minimum absolute atomic E-state index is 0.371. The van der Waals surface area contributed by atoms with E-state index in [2.05, 4.69) is 42.2 Å². The summed E-state index contributed by atoms with van der Waals surface area (Å²) in [6.07, 6.45) is 7.76. The number of benzene rings is 1. The maximum absolute atomic E-state index is 6.47. The molecule has 1 saturated carbocycles. The van der Waals surface area contributed by atoms with E-state index in [4.69, 9.17) is 5.73 Å². The van der Waals surface area contributed by atoms with Gasteiger partial charge in [-0.2, -0.15) is 0 Å². The number of hydrogen-bond acceptors (Lipinski definition) is 2. The zero-order valence-corrected chi connectivity index (χ0v) is 12.7. The molecule has 1 aromatic carbocycles. The van der Waals surface area contributed by atoms with Gasteiger partial charge in [-0.1, -0.05) is 36.8 Å². The van der Waals surface area contributed by atoms with Crippen LogP contribution < -0.4 is 5.73 Å². The summed E-state index contributed by atoms with van der Waals surface area (Å²) in [5, 5.41) is 0. The number of hydrogen-bond donors (Lipinski definition) is 1. The number of nitrogens with zero attached hydrogens (tertiary/aromatic N) is 1. The monoisotopic (exact) mass is 272 g/mol. The van der Waals surface area contributed by atoms with Gasteiger partial charge < -0.3 is 5.73 Å². The van der Waals surface area contributed by atoms with Gasteiger partial charge in [-0.15, -0.1) is 0 Å². The Morgan fingerprint density at radius 3 is 2.60 bits per heavy atom. The minimum Gasteiger partial charge on any atom is -0.326 e. The third kappa shape index (κ3) is 2.91. The fourth-order valence-electron chi connectivity index (χ4n) is 4.19.